The molecule has 0 unspecified atom stereocenters. The van der Waals surface area contributed by atoms with Crippen LogP contribution in [0, 0.1) is 5.41 Å². The number of hydrogen-bond acceptors (Lipinski definition) is 3. The third-order valence-corrected chi connectivity index (χ3v) is 4.35. The van der Waals surface area contributed by atoms with Gasteiger partial charge in [-0.25, -0.2) is 0 Å². The van der Waals surface area contributed by atoms with Gasteiger partial charge in [-0.05, 0) is 38.5 Å². The van der Waals surface area contributed by atoms with Crippen molar-refractivity contribution in [2.75, 3.05) is 39.4 Å². The van der Waals surface area contributed by atoms with E-state index in [2.05, 4.69) is 22.9 Å². The van der Waals surface area contributed by atoms with Crippen molar-refractivity contribution in [3.63, 3.8) is 0 Å². The van der Waals surface area contributed by atoms with Crippen LogP contribution >= 0.6 is 24.0 Å². The first-order valence-electron chi connectivity index (χ1n) is 8.96. The molecule has 0 spiro atoms. The maximum absolute atomic E-state index is 10.9. The van der Waals surface area contributed by atoms with Gasteiger partial charge < -0.3 is 20.7 Å². The first-order chi connectivity index (χ1) is 11.1. The molecular weight excluding hydrogens is 419 g/mol. The fraction of sp³-hybridized carbons (Fsp3) is 0.882. The Labute approximate surface area is 164 Å². The number of hydrogen-bond donors (Lipinski definition) is 3. The van der Waals surface area contributed by atoms with Crippen LogP contribution in [-0.4, -0.2) is 51.3 Å². The Balaban J connectivity index is 0.00000529. The van der Waals surface area contributed by atoms with Gasteiger partial charge >= 0.3 is 0 Å². The lowest BCUT2D eigenvalue weighted by atomic mass is 9.83. The molecule has 0 atom stereocenters. The van der Waals surface area contributed by atoms with Gasteiger partial charge in [0.05, 0.1) is 0 Å². The van der Waals surface area contributed by atoms with E-state index < -0.39 is 0 Å². The van der Waals surface area contributed by atoms with Crippen LogP contribution in [0.4, 0.5) is 0 Å². The van der Waals surface area contributed by atoms with Crippen LogP contribution in [0.15, 0.2) is 4.99 Å². The summed E-state index contributed by atoms with van der Waals surface area (Å²) >= 11 is 0. The normalized spacial score (nSPS) is 16.4. The quantitative estimate of drug-likeness (QED) is 0.205. The number of carbonyl (C=O) groups excluding carboxylic acids is 1. The van der Waals surface area contributed by atoms with E-state index in [-0.39, 0.29) is 29.9 Å². The highest BCUT2D eigenvalue weighted by Gasteiger charge is 2.33. The first kappa shape index (κ1) is 23.4. The average molecular weight is 454 g/mol. The minimum absolute atomic E-state index is 0. The third kappa shape index (κ3) is 9.66. The van der Waals surface area contributed by atoms with E-state index in [9.17, 15) is 4.79 Å². The molecule has 0 bridgehead atoms. The monoisotopic (exact) mass is 454 g/mol. The predicted molar refractivity (Wildman–Crippen MR) is 110 cm³/mol. The number of rotatable bonds is 10. The number of aliphatic imine (C=N–C) groups is 1. The number of nitrogens with one attached hydrogen (secondary N) is 3. The molecule has 0 aliphatic heterocycles. The van der Waals surface area contributed by atoms with E-state index in [1.54, 1.807) is 0 Å². The SMILES string of the molecule is CCNC(=NCC1(CCOCC)CCCC1)NCCNC(C)=O.I. The van der Waals surface area contributed by atoms with Gasteiger partial charge in [-0.3, -0.25) is 9.79 Å². The fourth-order valence-electron chi connectivity index (χ4n) is 3.05. The zero-order chi connectivity index (χ0) is 17.0. The van der Waals surface area contributed by atoms with Crippen LogP contribution in [0.25, 0.3) is 0 Å². The van der Waals surface area contributed by atoms with Gasteiger partial charge in [-0.2, -0.15) is 0 Å². The summed E-state index contributed by atoms with van der Waals surface area (Å²) in [4.78, 5) is 15.7. The number of ether oxygens (including phenoxy) is 1. The van der Waals surface area contributed by atoms with Gasteiger partial charge in [-0.15, -0.1) is 24.0 Å². The Morgan fingerprint density at radius 2 is 1.79 bits per heavy atom. The fourth-order valence-corrected chi connectivity index (χ4v) is 3.05. The molecule has 1 amide bonds. The standard InChI is InChI=1S/C17H34N4O2.HI/c1-4-18-16(20-12-11-19-15(3)22)21-14-17(8-6-7-9-17)10-13-23-5-2;/h4-14H2,1-3H3,(H,19,22)(H2,18,20,21);1H. The molecule has 142 valence electrons. The second-order valence-electron chi connectivity index (χ2n) is 6.26. The minimum atomic E-state index is -0.00503. The lowest BCUT2D eigenvalue weighted by molar-refractivity contribution is -0.118. The predicted octanol–water partition coefficient (Wildman–Crippen LogP) is 2.28. The Morgan fingerprint density at radius 1 is 1.12 bits per heavy atom. The summed E-state index contributed by atoms with van der Waals surface area (Å²) in [5.74, 6) is 0.829. The molecule has 1 rings (SSSR count). The van der Waals surface area contributed by atoms with E-state index in [0.717, 1.165) is 38.7 Å². The van der Waals surface area contributed by atoms with Crippen molar-refractivity contribution in [3.05, 3.63) is 0 Å². The molecule has 0 aromatic heterocycles. The van der Waals surface area contributed by atoms with E-state index >= 15 is 0 Å². The number of carbonyl (C=O) groups is 1. The van der Waals surface area contributed by atoms with E-state index in [1.165, 1.54) is 32.6 Å². The Morgan fingerprint density at radius 3 is 2.38 bits per heavy atom. The Bertz CT molecular complexity index is 372. The zero-order valence-corrected chi connectivity index (χ0v) is 17.8. The third-order valence-electron chi connectivity index (χ3n) is 4.35. The Kier molecular flexibility index (Phi) is 13.4. The second-order valence-corrected chi connectivity index (χ2v) is 6.26. The molecular formula is C17H35IN4O2. The molecule has 1 aliphatic rings. The molecule has 24 heavy (non-hydrogen) atoms. The van der Waals surface area contributed by atoms with Gasteiger partial charge in [0.15, 0.2) is 5.96 Å². The first-order valence-corrected chi connectivity index (χ1v) is 8.96. The number of nitrogens with zero attached hydrogens (tertiary/aromatic N) is 1. The molecule has 3 N–H and O–H groups in total. The molecule has 6 nitrogen and oxygen atoms in total. The van der Waals surface area contributed by atoms with Crippen LogP contribution in [0.1, 0.15) is 52.9 Å². The number of guanidine groups is 1. The summed E-state index contributed by atoms with van der Waals surface area (Å²) in [5.41, 5.74) is 0.301. The lowest BCUT2D eigenvalue weighted by Gasteiger charge is -2.27. The van der Waals surface area contributed by atoms with Crippen LogP contribution < -0.4 is 16.0 Å². The van der Waals surface area contributed by atoms with Gasteiger partial charge in [0.25, 0.3) is 0 Å². The molecule has 1 saturated carbocycles. The van der Waals surface area contributed by atoms with Gasteiger partial charge in [-0.1, -0.05) is 12.8 Å². The summed E-state index contributed by atoms with van der Waals surface area (Å²) in [6.07, 6.45) is 6.18. The molecule has 0 aromatic rings. The molecule has 0 heterocycles. The maximum atomic E-state index is 10.9. The van der Waals surface area contributed by atoms with Crippen molar-refractivity contribution in [2.24, 2.45) is 10.4 Å². The summed E-state index contributed by atoms with van der Waals surface area (Å²) in [6, 6.07) is 0. The summed E-state index contributed by atoms with van der Waals surface area (Å²) in [6.45, 7) is 10.2. The highest BCUT2D eigenvalue weighted by molar-refractivity contribution is 14.0. The van der Waals surface area contributed by atoms with Gasteiger partial charge in [0.2, 0.25) is 5.91 Å². The molecule has 0 radical (unpaired) electrons. The zero-order valence-electron chi connectivity index (χ0n) is 15.5. The van der Waals surface area contributed by atoms with Crippen molar-refractivity contribution in [2.45, 2.75) is 52.9 Å². The van der Waals surface area contributed by atoms with Crippen molar-refractivity contribution in [1.29, 1.82) is 0 Å². The second kappa shape index (κ2) is 13.7. The van der Waals surface area contributed by atoms with E-state index in [1.807, 2.05) is 6.92 Å². The van der Waals surface area contributed by atoms with Crippen molar-refractivity contribution >= 4 is 35.8 Å². The molecule has 1 aliphatic carbocycles. The van der Waals surface area contributed by atoms with Crippen molar-refractivity contribution in [3.8, 4) is 0 Å². The largest absolute Gasteiger partial charge is 0.382 e. The minimum Gasteiger partial charge on any atom is -0.382 e. The summed E-state index contributed by atoms with van der Waals surface area (Å²) in [7, 11) is 0. The Hall–Kier alpha value is -0.570. The molecule has 7 heteroatoms. The van der Waals surface area contributed by atoms with E-state index in [0.29, 0.717) is 18.5 Å². The molecule has 1 fully saturated rings. The topological polar surface area (TPSA) is 74.8 Å². The van der Waals surface area contributed by atoms with Crippen molar-refractivity contribution < 1.29 is 9.53 Å². The molecule has 0 saturated heterocycles. The maximum Gasteiger partial charge on any atom is 0.216 e. The summed E-state index contributed by atoms with van der Waals surface area (Å²) < 4.78 is 5.56. The average Bonchev–Trinajstić information content (AvgIpc) is 2.98. The van der Waals surface area contributed by atoms with Crippen molar-refractivity contribution in [1.82, 2.24) is 16.0 Å². The van der Waals surface area contributed by atoms with E-state index in [4.69, 9.17) is 9.73 Å². The number of amides is 1. The highest BCUT2D eigenvalue weighted by Crippen LogP contribution is 2.41. The highest BCUT2D eigenvalue weighted by atomic mass is 127. The lowest BCUT2D eigenvalue weighted by Crippen LogP contribution is -2.42. The number of halogens is 1. The van der Waals surface area contributed by atoms with Crippen LogP contribution in [-0.2, 0) is 9.53 Å². The molecule has 0 aromatic carbocycles. The smallest absolute Gasteiger partial charge is 0.216 e. The van der Waals surface area contributed by atoms with Crippen LogP contribution in [0.5, 0.6) is 0 Å². The van der Waals surface area contributed by atoms with Gasteiger partial charge in [0, 0.05) is 46.3 Å². The van der Waals surface area contributed by atoms with Gasteiger partial charge in [0.1, 0.15) is 0 Å². The van der Waals surface area contributed by atoms with Crippen LogP contribution in [0.3, 0.4) is 0 Å². The van der Waals surface area contributed by atoms with Crippen LogP contribution in [0.2, 0.25) is 0 Å². The summed E-state index contributed by atoms with van der Waals surface area (Å²) in [5, 5.41) is 9.33.